The van der Waals surface area contributed by atoms with Gasteiger partial charge in [-0.1, -0.05) is 0 Å². The average molecular weight is 294 g/mol. The fourth-order valence-electron chi connectivity index (χ4n) is 0.834. The molecule has 76 valence electrons. The van der Waals surface area contributed by atoms with Crippen molar-refractivity contribution in [3.63, 3.8) is 0 Å². The maximum Gasteiger partial charge on any atom is 1.00 e. The number of aromatic carboxylic acids is 1. The Morgan fingerprint density at radius 1 is 1.25 bits per heavy atom. The third kappa shape index (κ3) is 5.54. The van der Waals surface area contributed by atoms with Crippen LogP contribution in [-0.2, 0) is 10.1 Å². The molecule has 0 amide bonds. The largest absolute Gasteiger partial charge is 1.00 e. The molecule has 0 bridgehead atoms. The van der Waals surface area contributed by atoms with Crippen molar-refractivity contribution in [2.75, 3.05) is 0 Å². The Labute approximate surface area is 177 Å². The Morgan fingerprint density at radius 3 is 2.12 bits per heavy atom. The molecular formula is C7H4K2O6S. The fourth-order valence-corrected chi connectivity index (χ4v) is 1.33. The average Bonchev–Trinajstić information content (AvgIpc) is 2.02. The number of rotatable bonds is 2. The molecule has 1 rings (SSSR count). The molecule has 0 aliphatic carbocycles. The molecule has 6 nitrogen and oxygen atoms in total. The zero-order chi connectivity index (χ0) is 10.9. The number of hydrogen-bond donors (Lipinski definition) is 1. The Balaban J connectivity index is 0. The minimum atomic E-state index is -4.73. The van der Waals surface area contributed by atoms with Crippen LogP contribution in [0.5, 0.6) is 5.75 Å². The fraction of sp³-hybridized carbons (Fsp3) is 0. The second-order valence-electron chi connectivity index (χ2n) is 2.42. The first-order valence-corrected chi connectivity index (χ1v) is 4.73. The number of aromatic hydroxyl groups is 1. The summed E-state index contributed by atoms with van der Waals surface area (Å²) in [5, 5.41) is 19.3. The molecule has 0 radical (unpaired) electrons. The van der Waals surface area contributed by atoms with Gasteiger partial charge in [0.1, 0.15) is 15.9 Å². The Kier molecular flexibility index (Phi) is 9.96. The molecule has 1 aromatic rings. The first kappa shape index (κ1) is 20.0. The zero-order valence-electron chi connectivity index (χ0n) is 8.63. The predicted octanol–water partition coefficient (Wildman–Crippen LogP) is -7.33. The van der Waals surface area contributed by atoms with Gasteiger partial charge in [0.05, 0.1) is 10.9 Å². The van der Waals surface area contributed by atoms with Gasteiger partial charge >= 0.3 is 103 Å². The number of carboxylic acid groups (broad SMARTS) is 1. The van der Waals surface area contributed by atoms with Crippen molar-refractivity contribution in [3.05, 3.63) is 23.8 Å². The molecule has 1 aromatic carbocycles. The van der Waals surface area contributed by atoms with Gasteiger partial charge < -0.3 is 19.6 Å². The van der Waals surface area contributed by atoms with Crippen molar-refractivity contribution >= 4 is 16.1 Å². The first-order valence-electron chi connectivity index (χ1n) is 3.32. The van der Waals surface area contributed by atoms with Crippen molar-refractivity contribution in [2.24, 2.45) is 0 Å². The molecule has 0 fully saturated rings. The molecule has 0 aliphatic rings. The summed E-state index contributed by atoms with van der Waals surface area (Å²) in [7, 11) is -4.73. The van der Waals surface area contributed by atoms with Crippen molar-refractivity contribution in [2.45, 2.75) is 4.90 Å². The SMILES string of the molecule is O=C([O-])c1cc(S(=O)(=O)[O-])ccc1O.[K+].[K+]. The van der Waals surface area contributed by atoms with Crippen molar-refractivity contribution in [1.82, 2.24) is 0 Å². The number of carbonyl (C=O) groups excluding carboxylic acids is 1. The van der Waals surface area contributed by atoms with E-state index in [1.807, 2.05) is 0 Å². The summed E-state index contributed by atoms with van der Waals surface area (Å²) in [5.41, 5.74) is -0.734. The van der Waals surface area contributed by atoms with E-state index < -0.39 is 32.3 Å². The monoisotopic (exact) mass is 294 g/mol. The maximum atomic E-state index is 10.5. The summed E-state index contributed by atoms with van der Waals surface area (Å²) < 4.78 is 31.4. The molecule has 16 heavy (non-hydrogen) atoms. The molecule has 0 aliphatic heterocycles. The summed E-state index contributed by atoms with van der Waals surface area (Å²) >= 11 is 0. The molecule has 0 unspecified atom stereocenters. The van der Waals surface area contributed by atoms with Gasteiger partial charge in [0.2, 0.25) is 0 Å². The molecule has 0 saturated heterocycles. The number of carboxylic acids is 1. The Bertz CT molecular complexity index is 484. The zero-order valence-corrected chi connectivity index (χ0v) is 15.7. The Morgan fingerprint density at radius 2 is 1.75 bits per heavy atom. The normalized spacial score (nSPS) is 9.81. The minimum Gasteiger partial charge on any atom is -0.744 e. The van der Waals surface area contributed by atoms with E-state index in [-0.39, 0.29) is 103 Å². The Hall–Kier alpha value is 1.67. The summed E-state index contributed by atoms with van der Waals surface area (Å²) in [6, 6.07) is 2.16. The second kappa shape index (κ2) is 7.97. The van der Waals surface area contributed by atoms with Crippen LogP contribution >= 0.6 is 0 Å². The molecule has 1 N–H and O–H groups in total. The topological polar surface area (TPSA) is 118 Å². The summed E-state index contributed by atoms with van der Waals surface area (Å²) in [4.78, 5) is 9.61. The summed E-state index contributed by atoms with van der Waals surface area (Å²) in [5.74, 6) is -2.41. The third-order valence-corrected chi connectivity index (χ3v) is 2.31. The standard InChI is InChI=1S/C7H6O6S.2K/c8-6-2-1-4(14(11,12)13)3-5(6)7(9)10;;/h1-3,8H,(H,9,10)(H,11,12,13);;/q;2*+1/p-2. The molecule has 9 heteroatoms. The van der Waals surface area contributed by atoms with Crippen LogP contribution in [0.25, 0.3) is 0 Å². The van der Waals surface area contributed by atoms with Crippen LogP contribution in [0.2, 0.25) is 0 Å². The third-order valence-electron chi connectivity index (χ3n) is 1.48. The van der Waals surface area contributed by atoms with E-state index in [1.165, 1.54) is 0 Å². The minimum absolute atomic E-state index is 0. The van der Waals surface area contributed by atoms with E-state index in [0.29, 0.717) is 6.07 Å². The van der Waals surface area contributed by atoms with Gasteiger partial charge in [0.25, 0.3) is 0 Å². The van der Waals surface area contributed by atoms with E-state index in [2.05, 4.69) is 0 Å². The van der Waals surface area contributed by atoms with Gasteiger partial charge in [0, 0.05) is 5.56 Å². The summed E-state index contributed by atoms with van der Waals surface area (Å²) in [6.07, 6.45) is 0. The van der Waals surface area contributed by atoms with Gasteiger partial charge in [-0.3, -0.25) is 0 Å². The van der Waals surface area contributed by atoms with E-state index in [1.54, 1.807) is 0 Å². The number of benzene rings is 1. The van der Waals surface area contributed by atoms with E-state index in [4.69, 9.17) is 5.11 Å². The molecule has 0 aromatic heterocycles. The van der Waals surface area contributed by atoms with Gasteiger partial charge in [-0.15, -0.1) is 0 Å². The number of carbonyl (C=O) groups is 1. The molecule has 0 heterocycles. The predicted molar refractivity (Wildman–Crippen MR) is 40.4 cm³/mol. The first-order chi connectivity index (χ1) is 6.32. The molecule has 0 saturated carbocycles. The molecule has 0 spiro atoms. The number of hydrogen-bond acceptors (Lipinski definition) is 6. The van der Waals surface area contributed by atoms with Crippen LogP contribution in [0.3, 0.4) is 0 Å². The molecular weight excluding hydrogens is 290 g/mol. The van der Waals surface area contributed by atoms with Gasteiger partial charge in [-0.05, 0) is 18.2 Å². The van der Waals surface area contributed by atoms with Gasteiger partial charge in [-0.2, -0.15) is 0 Å². The van der Waals surface area contributed by atoms with Crippen molar-refractivity contribution in [3.8, 4) is 5.75 Å². The van der Waals surface area contributed by atoms with E-state index in [9.17, 15) is 22.9 Å². The maximum absolute atomic E-state index is 10.5. The quantitative estimate of drug-likeness (QED) is 0.428. The summed E-state index contributed by atoms with van der Waals surface area (Å²) in [6.45, 7) is 0. The smallest absolute Gasteiger partial charge is 0.744 e. The van der Waals surface area contributed by atoms with E-state index >= 15 is 0 Å². The van der Waals surface area contributed by atoms with Crippen LogP contribution < -0.4 is 108 Å². The van der Waals surface area contributed by atoms with Crippen molar-refractivity contribution in [1.29, 1.82) is 0 Å². The molecule has 0 atom stereocenters. The van der Waals surface area contributed by atoms with Crippen LogP contribution in [0.15, 0.2) is 23.1 Å². The second-order valence-corrected chi connectivity index (χ2v) is 3.80. The van der Waals surface area contributed by atoms with Crippen LogP contribution in [0, 0.1) is 0 Å². The van der Waals surface area contributed by atoms with Crippen molar-refractivity contribution < 1.29 is 131 Å². The number of phenols is 1. The van der Waals surface area contributed by atoms with Crippen LogP contribution in [0.4, 0.5) is 0 Å². The van der Waals surface area contributed by atoms with E-state index in [0.717, 1.165) is 12.1 Å². The van der Waals surface area contributed by atoms with Crippen LogP contribution in [0.1, 0.15) is 10.4 Å². The van der Waals surface area contributed by atoms with Gasteiger partial charge in [0.15, 0.2) is 0 Å². The van der Waals surface area contributed by atoms with Crippen LogP contribution in [-0.4, -0.2) is 24.0 Å². The van der Waals surface area contributed by atoms with Gasteiger partial charge in [-0.25, -0.2) is 8.42 Å².